The first-order chi connectivity index (χ1) is 16.6. The molecule has 182 valence electrons. The molecule has 1 atom stereocenters. The average Bonchev–Trinajstić information content (AvgIpc) is 2.83. The normalized spacial score (nSPS) is 12.1. The van der Waals surface area contributed by atoms with Crippen molar-refractivity contribution < 1.29 is 23.9 Å². The minimum absolute atomic E-state index is 0.140. The number of aromatic nitrogens is 1. The van der Waals surface area contributed by atoms with Gasteiger partial charge >= 0.3 is 5.97 Å². The van der Waals surface area contributed by atoms with Gasteiger partial charge in [-0.05, 0) is 56.5 Å². The highest BCUT2D eigenvalue weighted by molar-refractivity contribution is 5.97. The van der Waals surface area contributed by atoms with Gasteiger partial charge in [-0.2, -0.15) is 0 Å². The molecule has 0 unspecified atom stereocenters. The number of benzene rings is 2. The van der Waals surface area contributed by atoms with Gasteiger partial charge in [-0.1, -0.05) is 42.5 Å². The van der Waals surface area contributed by atoms with Crippen molar-refractivity contribution in [2.75, 3.05) is 0 Å². The van der Waals surface area contributed by atoms with Crippen molar-refractivity contribution in [3.05, 3.63) is 89.9 Å². The van der Waals surface area contributed by atoms with Crippen LogP contribution in [0.1, 0.15) is 42.6 Å². The summed E-state index contributed by atoms with van der Waals surface area (Å²) in [5.74, 6) is -2.84. The fourth-order valence-corrected chi connectivity index (χ4v) is 4.11. The molecule has 0 bridgehead atoms. The van der Waals surface area contributed by atoms with E-state index in [-0.39, 0.29) is 24.8 Å². The molecule has 3 aromatic rings. The summed E-state index contributed by atoms with van der Waals surface area (Å²) in [6.07, 6.45) is 1.34. The van der Waals surface area contributed by atoms with Crippen molar-refractivity contribution in [2.24, 2.45) is 5.73 Å². The summed E-state index contributed by atoms with van der Waals surface area (Å²) in [6.45, 7) is 3.47. The van der Waals surface area contributed by atoms with E-state index in [1.165, 1.54) is 23.2 Å². The third-order valence-corrected chi connectivity index (χ3v) is 5.76. The number of hydrogen-bond acceptors (Lipinski definition) is 4. The number of carbonyl (C=O) groups is 3. The van der Waals surface area contributed by atoms with Crippen molar-refractivity contribution in [3.63, 3.8) is 0 Å². The lowest BCUT2D eigenvalue weighted by atomic mass is 9.89. The molecule has 0 aliphatic rings. The number of nitrogens with two attached hydrogens (primary N) is 1. The molecule has 0 fully saturated rings. The van der Waals surface area contributed by atoms with Crippen molar-refractivity contribution in [1.82, 2.24) is 9.88 Å². The van der Waals surface area contributed by atoms with E-state index in [4.69, 9.17) is 5.73 Å². The number of carboxylic acids is 1. The Balaban J connectivity index is 1.98. The van der Waals surface area contributed by atoms with E-state index in [9.17, 15) is 23.9 Å². The molecule has 1 aromatic heterocycles. The molecule has 35 heavy (non-hydrogen) atoms. The minimum atomic E-state index is -1.31. The summed E-state index contributed by atoms with van der Waals surface area (Å²) in [7, 11) is 0. The van der Waals surface area contributed by atoms with Gasteiger partial charge in [-0.15, -0.1) is 0 Å². The molecule has 3 rings (SSSR count). The highest BCUT2D eigenvalue weighted by atomic mass is 19.1. The Kier molecular flexibility index (Phi) is 7.96. The Hall–Kier alpha value is -4.07. The summed E-state index contributed by atoms with van der Waals surface area (Å²) in [5, 5.41) is 10.00. The largest absolute Gasteiger partial charge is 0.480 e. The second-order valence-electron chi connectivity index (χ2n) is 8.95. The van der Waals surface area contributed by atoms with Gasteiger partial charge < -0.3 is 15.7 Å². The molecule has 0 aliphatic carbocycles. The molecule has 1 heterocycles. The molecule has 0 radical (unpaired) electrons. The zero-order valence-electron chi connectivity index (χ0n) is 19.6. The average molecular weight is 478 g/mol. The quantitative estimate of drug-likeness (QED) is 0.457. The molecule has 0 spiro atoms. The summed E-state index contributed by atoms with van der Waals surface area (Å²) >= 11 is 0. The minimum Gasteiger partial charge on any atom is -0.480 e. The van der Waals surface area contributed by atoms with Crippen LogP contribution in [0.5, 0.6) is 0 Å². The Morgan fingerprint density at radius 3 is 2.23 bits per heavy atom. The van der Waals surface area contributed by atoms with Crippen LogP contribution in [-0.2, 0) is 16.0 Å². The first kappa shape index (κ1) is 25.6. The molecule has 0 saturated heterocycles. The standard InChI is InChI=1S/C27H28FN3O4/c1-27(2,16-18-8-11-21(28)12-9-18)31(23(26(34)35)14-15-24(29)32)25(33)20-10-13-22(30-17-20)19-6-4-3-5-7-19/h3-13,17,23H,14-16H2,1-2H3,(H2,29,32)(H,34,35)/t23-/m0/s1. The van der Waals surface area contributed by atoms with Gasteiger partial charge in [0.2, 0.25) is 5.91 Å². The lowest BCUT2D eigenvalue weighted by molar-refractivity contribution is -0.144. The van der Waals surface area contributed by atoms with Crippen LogP contribution in [0.2, 0.25) is 0 Å². The number of primary amides is 1. The summed E-state index contributed by atoms with van der Waals surface area (Å²) in [4.78, 5) is 43.1. The van der Waals surface area contributed by atoms with Gasteiger partial charge in [0.25, 0.3) is 5.91 Å². The third kappa shape index (κ3) is 6.50. The van der Waals surface area contributed by atoms with E-state index in [2.05, 4.69) is 4.98 Å². The van der Waals surface area contributed by atoms with Gasteiger partial charge in [0.15, 0.2) is 0 Å². The van der Waals surface area contributed by atoms with E-state index in [1.54, 1.807) is 38.1 Å². The maximum absolute atomic E-state index is 13.7. The zero-order valence-corrected chi connectivity index (χ0v) is 19.6. The number of rotatable bonds is 10. The van der Waals surface area contributed by atoms with Crippen molar-refractivity contribution in [1.29, 1.82) is 0 Å². The maximum atomic E-state index is 13.7. The van der Waals surface area contributed by atoms with Crippen LogP contribution >= 0.6 is 0 Å². The van der Waals surface area contributed by atoms with Crippen LogP contribution < -0.4 is 5.73 Å². The number of carbonyl (C=O) groups excluding carboxylic acids is 2. The second kappa shape index (κ2) is 10.9. The summed E-state index contributed by atoms with van der Waals surface area (Å²) in [6, 6.07) is 17.2. The number of aliphatic carboxylic acids is 1. The SMILES string of the molecule is CC(C)(Cc1ccc(F)cc1)N(C(=O)c1ccc(-c2ccccc2)nc1)[C@@H](CCC(N)=O)C(=O)O. The summed E-state index contributed by atoms with van der Waals surface area (Å²) in [5.41, 5.74) is 6.75. The van der Waals surface area contributed by atoms with Gasteiger partial charge in [-0.25, -0.2) is 9.18 Å². The number of hydrogen-bond donors (Lipinski definition) is 2. The highest BCUT2D eigenvalue weighted by Crippen LogP contribution is 2.28. The van der Waals surface area contributed by atoms with Crippen LogP contribution in [0.25, 0.3) is 11.3 Å². The third-order valence-electron chi connectivity index (χ3n) is 5.76. The van der Waals surface area contributed by atoms with Crippen molar-refractivity contribution in [3.8, 4) is 11.3 Å². The van der Waals surface area contributed by atoms with E-state index in [0.717, 1.165) is 11.1 Å². The van der Waals surface area contributed by atoms with Crippen molar-refractivity contribution in [2.45, 2.75) is 44.7 Å². The maximum Gasteiger partial charge on any atom is 0.326 e. The Morgan fingerprint density at radius 2 is 1.69 bits per heavy atom. The second-order valence-corrected chi connectivity index (χ2v) is 8.95. The monoisotopic (exact) mass is 477 g/mol. The summed E-state index contributed by atoms with van der Waals surface area (Å²) < 4.78 is 13.4. The zero-order chi connectivity index (χ0) is 25.6. The van der Waals surface area contributed by atoms with E-state index in [0.29, 0.717) is 5.69 Å². The lowest BCUT2D eigenvalue weighted by Gasteiger charge is -2.42. The lowest BCUT2D eigenvalue weighted by Crippen LogP contribution is -2.57. The molecule has 8 heteroatoms. The number of carboxylic acid groups (broad SMARTS) is 1. The molecule has 0 aliphatic heterocycles. The molecule has 3 N–H and O–H groups in total. The van der Waals surface area contributed by atoms with Crippen LogP contribution in [0.3, 0.4) is 0 Å². The Morgan fingerprint density at radius 1 is 1.03 bits per heavy atom. The molecule has 7 nitrogen and oxygen atoms in total. The van der Waals surface area contributed by atoms with Gasteiger partial charge in [0, 0.05) is 23.7 Å². The number of amides is 2. The fraction of sp³-hybridized carbons (Fsp3) is 0.259. The Bertz CT molecular complexity index is 1180. The topological polar surface area (TPSA) is 114 Å². The van der Waals surface area contributed by atoms with Crippen LogP contribution in [0.15, 0.2) is 72.9 Å². The molecule has 2 aromatic carbocycles. The van der Waals surface area contributed by atoms with E-state index < -0.39 is 35.2 Å². The highest BCUT2D eigenvalue weighted by Gasteiger charge is 2.40. The smallest absolute Gasteiger partial charge is 0.326 e. The van der Waals surface area contributed by atoms with Crippen molar-refractivity contribution >= 4 is 17.8 Å². The molecular formula is C27H28FN3O4. The number of nitrogens with zero attached hydrogens (tertiary/aromatic N) is 2. The number of pyridine rings is 1. The first-order valence-corrected chi connectivity index (χ1v) is 11.2. The van der Waals surface area contributed by atoms with Crippen LogP contribution in [0, 0.1) is 5.82 Å². The number of halogens is 1. The molecular weight excluding hydrogens is 449 g/mol. The fourth-order valence-electron chi connectivity index (χ4n) is 4.11. The Labute approximate surface area is 203 Å². The molecule has 0 saturated carbocycles. The first-order valence-electron chi connectivity index (χ1n) is 11.2. The van der Waals surface area contributed by atoms with Gasteiger partial charge in [-0.3, -0.25) is 14.6 Å². The van der Waals surface area contributed by atoms with Crippen LogP contribution in [0.4, 0.5) is 4.39 Å². The van der Waals surface area contributed by atoms with Gasteiger partial charge in [0.05, 0.1) is 11.3 Å². The van der Waals surface area contributed by atoms with E-state index in [1.807, 2.05) is 30.3 Å². The van der Waals surface area contributed by atoms with E-state index >= 15 is 0 Å². The van der Waals surface area contributed by atoms with Crippen LogP contribution in [-0.4, -0.2) is 44.4 Å². The van der Waals surface area contributed by atoms with Gasteiger partial charge in [0.1, 0.15) is 11.9 Å². The predicted molar refractivity (Wildman–Crippen MR) is 130 cm³/mol. The predicted octanol–water partition coefficient (Wildman–Crippen LogP) is 4.07. The molecule has 2 amide bonds.